The van der Waals surface area contributed by atoms with Crippen LogP contribution in [0.2, 0.25) is 0 Å². The van der Waals surface area contributed by atoms with Gasteiger partial charge in [0.1, 0.15) is 5.82 Å². The van der Waals surface area contributed by atoms with Crippen molar-refractivity contribution in [1.29, 1.82) is 0 Å². The fourth-order valence-electron chi connectivity index (χ4n) is 2.53. The van der Waals surface area contributed by atoms with Crippen molar-refractivity contribution in [2.75, 3.05) is 26.2 Å². The van der Waals surface area contributed by atoms with Crippen LogP contribution in [0.3, 0.4) is 0 Å². The molecule has 1 atom stereocenters. The third kappa shape index (κ3) is 4.69. The smallest absolute Gasteiger partial charge is 0.162 e. The van der Waals surface area contributed by atoms with Crippen molar-refractivity contribution in [3.8, 4) is 0 Å². The summed E-state index contributed by atoms with van der Waals surface area (Å²) in [5.41, 5.74) is 0.596. The highest BCUT2D eigenvalue weighted by Gasteiger charge is 2.15. The Morgan fingerprint density at radius 3 is 2.90 bits per heavy atom. The highest BCUT2D eigenvalue weighted by Crippen LogP contribution is 2.10. The first-order valence-electron chi connectivity index (χ1n) is 7.28. The third-order valence-corrected chi connectivity index (χ3v) is 3.58. The second-order valence-electron chi connectivity index (χ2n) is 5.37. The topological polar surface area (TPSA) is 29.5 Å². The fraction of sp³-hybridized carbons (Fsp3) is 0.562. The van der Waals surface area contributed by atoms with Crippen LogP contribution in [0.1, 0.15) is 36.5 Å². The number of rotatable bonds is 5. The number of hydrogen-bond donors (Lipinski definition) is 0. The van der Waals surface area contributed by atoms with Crippen LogP contribution in [0.4, 0.5) is 4.39 Å². The van der Waals surface area contributed by atoms with Crippen molar-refractivity contribution >= 4 is 5.78 Å². The van der Waals surface area contributed by atoms with E-state index in [0.29, 0.717) is 12.0 Å². The summed E-state index contributed by atoms with van der Waals surface area (Å²) in [6.45, 7) is 5.80. The van der Waals surface area contributed by atoms with Crippen LogP contribution in [-0.4, -0.2) is 43.0 Å². The molecule has 4 heteroatoms. The molecule has 0 aromatic heterocycles. The number of Topliss-reactive ketones (excluding diaryl/α,β-unsaturated/α-hetero) is 1. The van der Waals surface area contributed by atoms with Crippen LogP contribution >= 0.6 is 0 Å². The van der Waals surface area contributed by atoms with Crippen molar-refractivity contribution in [2.24, 2.45) is 0 Å². The maximum absolute atomic E-state index is 12.8. The van der Waals surface area contributed by atoms with Gasteiger partial charge in [-0.2, -0.15) is 0 Å². The SMILES string of the molecule is CC1CN(CCCC(=O)c2ccc(F)cc2)CCCO1. The predicted octanol–water partition coefficient (Wildman–Crippen LogP) is 2.90. The maximum atomic E-state index is 12.8. The second kappa shape index (κ2) is 7.50. The highest BCUT2D eigenvalue weighted by molar-refractivity contribution is 5.95. The standard InChI is InChI=1S/C16H22FNO2/c1-13-12-18(10-3-11-20-13)9-2-4-16(19)14-5-7-15(17)8-6-14/h5-8,13H,2-4,9-12H2,1H3. The van der Waals surface area contributed by atoms with Crippen LogP contribution in [0.25, 0.3) is 0 Å². The Hall–Kier alpha value is -1.26. The molecule has 0 N–H and O–H groups in total. The Labute approximate surface area is 119 Å². The Balaban J connectivity index is 1.74. The molecule has 1 aromatic carbocycles. The van der Waals surface area contributed by atoms with Crippen molar-refractivity contribution in [3.05, 3.63) is 35.6 Å². The largest absolute Gasteiger partial charge is 0.377 e. The summed E-state index contributed by atoms with van der Waals surface area (Å²) < 4.78 is 18.4. The van der Waals surface area contributed by atoms with Crippen LogP contribution < -0.4 is 0 Å². The molecule has 1 aliphatic heterocycles. The molecule has 110 valence electrons. The van der Waals surface area contributed by atoms with Gasteiger partial charge in [0.25, 0.3) is 0 Å². The van der Waals surface area contributed by atoms with Crippen LogP contribution in [-0.2, 0) is 4.74 Å². The van der Waals surface area contributed by atoms with Crippen molar-refractivity contribution in [3.63, 3.8) is 0 Å². The number of halogens is 1. The van der Waals surface area contributed by atoms with Crippen molar-refractivity contribution in [1.82, 2.24) is 4.90 Å². The molecule has 1 aliphatic rings. The molecule has 0 bridgehead atoms. The Morgan fingerprint density at radius 2 is 2.15 bits per heavy atom. The van der Waals surface area contributed by atoms with Gasteiger partial charge in [-0.15, -0.1) is 0 Å². The monoisotopic (exact) mass is 279 g/mol. The number of benzene rings is 1. The molecule has 3 nitrogen and oxygen atoms in total. The van der Waals surface area contributed by atoms with E-state index in [1.165, 1.54) is 12.1 Å². The molecule has 0 amide bonds. The molecule has 20 heavy (non-hydrogen) atoms. The molecule has 0 saturated carbocycles. The van der Waals surface area contributed by atoms with Gasteiger partial charge in [-0.1, -0.05) is 0 Å². The molecule has 0 aliphatic carbocycles. The molecule has 1 aromatic rings. The summed E-state index contributed by atoms with van der Waals surface area (Å²) in [4.78, 5) is 14.3. The van der Waals surface area contributed by atoms with Gasteiger partial charge in [0.05, 0.1) is 6.10 Å². The number of hydrogen-bond acceptors (Lipinski definition) is 3. The molecule has 1 heterocycles. The highest BCUT2D eigenvalue weighted by atomic mass is 19.1. The first-order valence-corrected chi connectivity index (χ1v) is 7.28. The van der Waals surface area contributed by atoms with E-state index in [-0.39, 0.29) is 17.7 Å². The first-order chi connectivity index (χ1) is 9.65. The lowest BCUT2D eigenvalue weighted by Gasteiger charge is -2.21. The molecule has 1 saturated heterocycles. The van der Waals surface area contributed by atoms with Gasteiger partial charge in [-0.05, 0) is 50.6 Å². The van der Waals surface area contributed by atoms with E-state index < -0.39 is 0 Å². The quantitative estimate of drug-likeness (QED) is 0.776. The zero-order valence-corrected chi connectivity index (χ0v) is 12.0. The van der Waals surface area contributed by atoms with E-state index in [1.807, 2.05) is 0 Å². The molecule has 1 fully saturated rings. The van der Waals surface area contributed by atoms with Crippen molar-refractivity contribution < 1.29 is 13.9 Å². The molecular formula is C16H22FNO2. The van der Waals surface area contributed by atoms with E-state index >= 15 is 0 Å². The number of ketones is 1. The lowest BCUT2D eigenvalue weighted by atomic mass is 10.1. The first kappa shape index (κ1) is 15.1. The Morgan fingerprint density at radius 1 is 1.40 bits per heavy atom. The summed E-state index contributed by atoms with van der Waals surface area (Å²) in [5, 5.41) is 0. The van der Waals surface area contributed by atoms with Gasteiger partial charge in [0.15, 0.2) is 5.78 Å². The van der Waals surface area contributed by atoms with E-state index in [4.69, 9.17) is 4.74 Å². The van der Waals surface area contributed by atoms with Gasteiger partial charge >= 0.3 is 0 Å². The predicted molar refractivity (Wildman–Crippen MR) is 76.4 cm³/mol. The van der Waals surface area contributed by atoms with Gasteiger partial charge in [0, 0.05) is 31.7 Å². The van der Waals surface area contributed by atoms with Gasteiger partial charge in [-0.25, -0.2) is 4.39 Å². The summed E-state index contributed by atoms with van der Waals surface area (Å²) in [6.07, 6.45) is 2.67. The normalized spacial score (nSPS) is 20.6. The van der Waals surface area contributed by atoms with E-state index in [1.54, 1.807) is 12.1 Å². The molecule has 1 unspecified atom stereocenters. The minimum atomic E-state index is -0.305. The van der Waals surface area contributed by atoms with E-state index in [0.717, 1.165) is 39.1 Å². The minimum Gasteiger partial charge on any atom is -0.377 e. The molecule has 0 radical (unpaired) electrons. The van der Waals surface area contributed by atoms with E-state index in [9.17, 15) is 9.18 Å². The van der Waals surface area contributed by atoms with E-state index in [2.05, 4.69) is 11.8 Å². The average Bonchev–Trinajstić information content (AvgIpc) is 2.64. The summed E-state index contributed by atoms with van der Waals surface area (Å²) in [5.74, 6) is -0.218. The molecular weight excluding hydrogens is 257 g/mol. The number of nitrogens with zero attached hydrogens (tertiary/aromatic N) is 1. The van der Waals surface area contributed by atoms with Crippen LogP contribution in [0.15, 0.2) is 24.3 Å². The summed E-state index contributed by atoms with van der Waals surface area (Å²) in [6, 6.07) is 5.78. The second-order valence-corrected chi connectivity index (χ2v) is 5.37. The zero-order valence-electron chi connectivity index (χ0n) is 12.0. The van der Waals surface area contributed by atoms with Gasteiger partial charge in [-0.3, -0.25) is 4.79 Å². The van der Waals surface area contributed by atoms with Crippen molar-refractivity contribution in [2.45, 2.75) is 32.3 Å². The van der Waals surface area contributed by atoms with Gasteiger partial charge in [0.2, 0.25) is 0 Å². The minimum absolute atomic E-state index is 0.0871. The molecule has 0 spiro atoms. The van der Waals surface area contributed by atoms with Crippen LogP contribution in [0, 0.1) is 5.82 Å². The summed E-state index contributed by atoms with van der Waals surface area (Å²) in [7, 11) is 0. The lowest BCUT2D eigenvalue weighted by molar-refractivity contribution is 0.0674. The third-order valence-electron chi connectivity index (χ3n) is 3.58. The summed E-state index contributed by atoms with van der Waals surface area (Å²) >= 11 is 0. The number of ether oxygens (including phenoxy) is 1. The Bertz CT molecular complexity index is 433. The zero-order chi connectivity index (χ0) is 14.4. The van der Waals surface area contributed by atoms with Gasteiger partial charge < -0.3 is 9.64 Å². The number of carbonyl (C=O) groups is 1. The average molecular weight is 279 g/mol. The number of carbonyl (C=O) groups excluding carboxylic acids is 1. The Kier molecular flexibility index (Phi) is 5.68. The lowest BCUT2D eigenvalue weighted by Crippen LogP contribution is -2.31. The fourth-order valence-corrected chi connectivity index (χ4v) is 2.53. The molecule has 2 rings (SSSR count). The maximum Gasteiger partial charge on any atom is 0.162 e. The van der Waals surface area contributed by atoms with Crippen LogP contribution in [0.5, 0.6) is 0 Å².